The van der Waals surface area contributed by atoms with Crippen LogP contribution in [0.4, 0.5) is 17.6 Å². The Morgan fingerprint density at radius 2 is 1.53 bits per heavy atom. The number of aliphatic hydroxyl groups is 1. The van der Waals surface area contributed by atoms with E-state index in [0.29, 0.717) is 0 Å². The number of halogens is 5. The third-order valence-electron chi connectivity index (χ3n) is 4.08. The molecule has 0 aliphatic carbocycles. The number of carbonyl (C=O) groups excluding carboxylic acids is 2. The van der Waals surface area contributed by atoms with Crippen LogP contribution < -0.4 is 24.8 Å². The third-order valence-corrected chi connectivity index (χ3v) is 4.39. The zero-order valence-corrected chi connectivity index (χ0v) is 18.3. The molecule has 2 rings (SSSR count). The van der Waals surface area contributed by atoms with Crippen molar-refractivity contribution in [1.82, 2.24) is 10.6 Å². The molecule has 0 bridgehead atoms. The molecule has 0 spiro atoms. The maximum Gasteiger partial charge on any atom is 0.387 e. The average Bonchev–Trinajstić information content (AvgIpc) is 2.78. The largest absolute Gasteiger partial charge is 0.484 e. The summed E-state index contributed by atoms with van der Waals surface area (Å²) in [5, 5.41) is 14.7. The van der Waals surface area contributed by atoms with Crippen molar-refractivity contribution in [2.45, 2.75) is 19.1 Å². The quantitative estimate of drug-likeness (QED) is 0.359. The van der Waals surface area contributed by atoms with Gasteiger partial charge in [0.15, 0.2) is 24.8 Å². The molecule has 0 aliphatic rings. The van der Waals surface area contributed by atoms with E-state index in [-0.39, 0.29) is 36.0 Å². The van der Waals surface area contributed by atoms with Crippen LogP contribution in [0.1, 0.15) is 6.42 Å². The van der Waals surface area contributed by atoms with Crippen LogP contribution in [0.25, 0.3) is 0 Å². The number of carbonyl (C=O) groups is 2. The van der Waals surface area contributed by atoms with E-state index in [9.17, 15) is 32.3 Å². The molecule has 0 aromatic heterocycles. The molecule has 1 atom stereocenters. The fraction of sp³-hybridized carbons (Fsp3) is 0.333. The first-order valence-corrected chi connectivity index (χ1v) is 10.2. The van der Waals surface area contributed by atoms with Gasteiger partial charge in [0.1, 0.15) is 17.3 Å². The molecule has 0 unspecified atom stereocenters. The lowest BCUT2D eigenvalue weighted by Crippen LogP contribution is -2.37. The van der Waals surface area contributed by atoms with Crippen molar-refractivity contribution in [1.29, 1.82) is 0 Å². The summed E-state index contributed by atoms with van der Waals surface area (Å²) in [4.78, 5) is 23.5. The first kappa shape index (κ1) is 27.0. The lowest BCUT2D eigenvalue weighted by Gasteiger charge is -2.13. The highest BCUT2D eigenvalue weighted by atomic mass is 35.5. The maximum absolute atomic E-state index is 13.6. The summed E-state index contributed by atoms with van der Waals surface area (Å²) in [6.45, 7) is -4.13. The van der Waals surface area contributed by atoms with Crippen molar-refractivity contribution in [3.8, 4) is 17.2 Å². The number of amides is 2. The number of ether oxygens (including phenoxy) is 3. The van der Waals surface area contributed by atoms with Crippen LogP contribution in [-0.4, -0.2) is 55.9 Å². The van der Waals surface area contributed by atoms with Crippen LogP contribution in [0.15, 0.2) is 36.4 Å². The van der Waals surface area contributed by atoms with E-state index < -0.39 is 55.1 Å². The molecule has 0 saturated carbocycles. The number of alkyl halides is 2. The number of benzene rings is 2. The van der Waals surface area contributed by atoms with Gasteiger partial charge in [-0.25, -0.2) is 8.78 Å². The van der Waals surface area contributed by atoms with Gasteiger partial charge in [-0.3, -0.25) is 9.59 Å². The topological polar surface area (TPSA) is 106 Å². The molecule has 186 valence electrons. The lowest BCUT2D eigenvalue weighted by molar-refractivity contribution is -0.124. The Hall–Kier alpha value is -3.25. The summed E-state index contributed by atoms with van der Waals surface area (Å²) >= 11 is 5.55. The fourth-order valence-electron chi connectivity index (χ4n) is 2.44. The van der Waals surface area contributed by atoms with Crippen LogP contribution in [0.3, 0.4) is 0 Å². The van der Waals surface area contributed by atoms with Crippen molar-refractivity contribution in [2.75, 3.05) is 26.3 Å². The number of aliphatic hydroxyl groups excluding tert-OH is 1. The molecular formula is C21H21ClF4N2O6. The zero-order chi connectivity index (χ0) is 25.1. The highest BCUT2D eigenvalue weighted by molar-refractivity contribution is 6.30. The Morgan fingerprint density at radius 1 is 0.941 bits per heavy atom. The smallest absolute Gasteiger partial charge is 0.387 e. The third kappa shape index (κ3) is 9.71. The first-order chi connectivity index (χ1) is 16.1. The van der Waals surface area contributed by atoms with Crippen LogP contribution in [0, 0.1) is 11.6 Å². The van der Waals surface area contributed by atoms with Gasteiger partial charge in [-0.05, 0) is 30.7 Å². The minimum absolute atomic E-state index is 0.0509. The van der Waals surface area contributed by atoms with Gasteiger partial charge in [-0.2, -0.15) is 8.78 Å². The number of hydrogen-bond donors (Lipinski definition) is 3. The minimum Gasteiger partial charge on any atom is -0.484 e. The molecule has 13 heteroatoms. The molecule has 3 N–H and O–H groups in total. The second-order valence-corrected chi connectivity index (χ2v) is 7.13. The number of rotatable bonds is 13. The van der Waals surface area contributed by atoms with Crippen molar-refractivity contribution >= 4 is 23.4 Å². The van der Waals surface area contributed by atoms with Gasteiger partial charge in [0.2, 0.25) is 0 Å². The Kier molecular flexibility index (Phi) is 10.7. The van der Waals surface area contributed by atoms with E-state index >= 15 is 0 Å². The zero-order valence-electron chi connectivity index (χ0n) is 17.5. The van der Waals surface area contributed by atoms with Gasteiger partial charge in [0, 0.05) is 25.2 Å². The highest BCUT2D eigenvalue weighted by Crippen LogP contribution is 2.24. The van der Waals surface area contributed by atoms with Gasteiger partial charge in [0.05, 0.1) is 11.1 Å². The molecule has 0 fully saturated rings. The highest BCUT2D eigenvalue weighted by Gasteiger charge is 2.13. The van der Waals surface area contributed by atoms with Crippen molar-refractivity contribution in [2.24, 2.45) is 0 Å². The average molecular weight is 509 g/mol. The van der Waals surface area contributed by atoms with Crippen LogP contribution in [0.5, 0.6) is 17.2 Å². The minimum atomic E-state index is -3.18. The lowest BCUT2D eigenvalue weighted by atomic mass is 10.2. The molecule has 2 aromatic carbocycles. The normalized spacial score (nSPS) is 11.6. The van der Waals surface area contributed by atoms with E-state index in [1.54, 1.807) is 0 Å². The molecule has 2 amide bonds. The van der Waals surface area contributed by atoms with Gasteiger partial charge in [-0.1, -0.05) is 11.6 Å². The molecule has 34 heavy (non-hydrogen) atoms. The maximum atomic E-state index is 13.6. The summed E-state index contributed by atoms with van der Waals surface area (Å²) in [5.74, 6) is -3.50. The molecule has 0 radical (unpaired) electrons. The number of nitrogens with one attached hydrogen (secondary N) is 2. The number of hydrogen-bond acceptors (Lipinski definition) is 6. The van der Waals surface area contributed by atoms with Crippen LogP contribution >= 0.6 is 11.6 Å². The molecule has 0 saturated heterocycles. The van der Waals surface area contributed by atoms with Crippen molar-refractivity contribution in [3.63, 3.8) is 0 Å². The van der Waals surface area contributed by atoms with Crippen LogP contribution in [0.2, 0.25) is 5.02 Å². The van der Waals surface area contributed by atoms with Crippen molar-refractivity contribution in [3.05, 3.63) is 53.1 Å². The summed E-state index contributed by atoms with van der Waals surface area (Å²) in [6.07, 6.45) is -0.876. The van der Waals surface area contributed by atoms with E-state index in [0.717, 1.165) is 24.3 Å². The molecule has 0 heterocycles. The van der Waals surface area contributed by atoms with E-state index in [1.807, 2.05) is 0 Å². The standard InChI is InChI=1S/C21H21ClF4N2O6/c22-15-3-1-13(7-16(15)23)33-11-20(31)28-9-12(29)5-6-27-19(30)10-32-14-2-4-18(17(24)8-14)34-21(25)26/h1-4,7-8,12,21,29H,5-6,9-11H2,(H,27,30)(H,28,31)/t12-/m0/s1. The summed E-state index contributed by atoms with van der Waals surface area (Å²) in [7, 11) is 0. The van der Waals surface area contributed by atoms with Gasteiger partial charge < -0.3 is 30.0 Å². The van der Waals surface area contributed by atoms with Crippen LogP contribution in [-0.2, 0) is 9.59 Å². The second-order valence-electron chi connectivity index (χ2n) is 6.72. The molecule has 8 nitrogen and oxygen atoms in total. The molecule has 0 aliphatic heterocycles. The first-order valence-electron chi connectivity index (χ1n) is 9.80. The predicted octanol–water partition coefficient (Wildman–Crippen LogP) is 2.66. The van der Waals surface area contributed by atoms with Gasteiger partial charge in [0.25, 0.3) is 11.8 Å². The molecular weight excluding hydrogens is 488 g/mol. The van der Waals surface area contributed by atoms with Gasteiger partial charge >= 0.3 is 6.61 Å². The SMILES string of the molecule is O=C(COc1ccc(OC(F)F)c(F)c1)NCC[C@H](O)CNC(=O)COc1ccc(Cl)c(F)c1. The summed E-state index contributed by atoms with van der Waals surface area (Å²) < 4.78 is 65.3. The summed E-state index contributed by atoms with van der Waals surface area (Å²) in [6, 6.07) is 6.61. The Morgan fingerprint density at radius 3 is 2.12 bits per heavy atom. The Labute approximate surface area is 196 Å². The van der Waals surface area contributed by atoms with Gasteiger partial charge in [-0.15, -0.1) is 0 Å². The second kappa shape index (κ2) is 13.5. The monoisotopic (exact) mass is 508 g/mol. The van der Waals surface area contributed by atoms with E-state index in [1.165, 1.54) is 12.1 Å². The Balaban J connectivity index is 1.59. The molecule has 2 aromatic rings. The predicted molar refractivity (Wildman–Crippen MR) is 112 cm³/mol. The van der Waals surface area contributed by atoms with E-state index in [4.69, 9.17) is 21.1 Å². The Bertz CT molecular complexity index is 982. The van der Waals surface area contributed by atoms with E-state index in [2.05, 4.69) is 15.4 Å². The summed E-state index contributed by atoms with van der Waals surface area (Å²) in [5.41, 5.74) is 0. The van der Waals surface area contributed by atoms with Crippen molar-refractivity contribution < 1.29 is 46.5 Å². The fourth-order valence-corrected chi connectivity index (χ4v) is 2.56.